The number of rotatable bonds is 1. The van der Waals surface area contributed by atoms with Gasteiger partial charge in [0.15, 0.2) is 11.6 Å². The minimum absolute atomic E-state index is 0.321. The number of imidazole rings is 1. The van der Waals surface area contributed by atoms with Crippen LogP contribution in [0, 0.1) is 12.7 Å². The van der Waals surface area contributed by atoms with Crippen molar-refractivity contribution in [2.75, 3.05) is 0 Å². The Labute approximate surface area is 97.3 Å². The van der Waals surface area contributed by atoms with Crippen molar-refractivity contribution in [3.63, 3.8) is 0 Å². The zero-order valence-corrected chi connectivity index (χ0v) is 9.24. The average molecular weight is 227 g/mol. The van der Waals surface area contributed by atoms with E-state index in [1.807, 2.05) is 19.1 Å². The fourth-order valence-electron chi connectivity index (χ4n) is 1.84. The Morgan fingerprint density at radius 1 is 1.18 bits per heavy atom. The van der Waals surface area contributed by atoms with E-state index < -0.39 is 0 Å². The van der Waals surface area contributed by atoms with E-state index in [1.165, 1.54) is 6.07 Å². The highest BCUT2D eigenvalue weighted by Gasteiger charge is 2.10. The van der Waals surface area contributed by atoms with Gasteiger partial charge in [-0.1, -0.05) is 12.1 Å². The summed E-state index contributed by atoms with van der Waals surface area (Å²) in [5.41, 5.74) is 2.80. The van der Waals surface area contributed by atoms with Gasteiger partial charge < -0.3 is 4.98 Å². The molecule has 0 aliphatic heterocycles. The minimum Gasteiger partial charge on any atom is -0.337 e. The standard InChI is InChI=1S/C13H10FN3/c1-8-4-3-7-15-11(8)13-16-10-6-2-5-9(14)12(10)17-13/h2-7H,1H3,(H,16,17). The van der Waals surface area contributed by atoms with Gasteiger partial charge in [0.05, 0.1) is 5.52 Å². The molecule has 0 fully saturated rings. The van der Waals surface area contributed by atoms with E-state index in [0.29, 0.717) is 16.9 Å². The van der Waals surface area contributed by atoms with Crippen molar-refractivity contribution in [1.29, 1.82) is 0 Å². The number of para-hydroxylation sites is 1. The number of hydrogen-bond acceptors (Lipinski definition) is 2. The van der Waals surface area contributed by atoms with Gasteiger partial charge in [-0.05, 0) is 30.7 Å². The molecule has 3 aromatic rings. The smallest absolute Gasteiger partial charge is 0.157 e. The molecule has 0 unspecified atom stereocenters. The summed E-state index contributed by atoms with van der Waals surface area (Å²) in [5, 5.41) is 0. The zero-order valence-electron chi connectivity index (χ0n) is 9.24. The second-order valence-electron chi connectivity index (χ2n) is 3.89. The van der Waals surface area contributed by atoms with E-state index in [4.69, 9.17) is 0 Å². The number of nitrogens with one attached hydrogen (secondary N) is 1. The number of hydrogen-bond donors (Lipinski definition) is 1. The van der Waals surface area contributed by atoms with Gasteiger partial charge in [-0.3, -0.25) is 4.98 Å². The molecule has 17 heavy (non-hydrogen) atoms. The first-order chi connectivity index (χ1) is 8.25. The quantitative estimate of drug-likeness (QED) is 0.694. The maximum absolute atomic E-state index is 13.5. The average Bonchev–Trinajstić information content (AvgIpc) is 2.75. The number of nitrogens with zero attached hydrogens (tertiary/aromatic N) is 2. The third-order valence-corrected chi connectivity index (χ3v) is 2.70. The summed E-state index contributed by atoms with van der Waals surface area (Å²) in [4.78, 5) is 11.6. The van der Waals surface area contributed by atoms with Crippen LogP contribution in [0.4, 0.5) is 4.39 Å². The summed E-state index contributed by atoms with van der Waals surface area (Å²) >= 11 is 0. The van der Waals surface area contributed by atoms with Crippen LogP contribution in [0.3, 0.4) is 0 Å². The lowest BCUT2D eigenvalue weighted by Crippen LogP contribution is -1.88. The molecule has 0 atom stereocenters. The third kappa shape index (κ3) is 1.58. The predicted molar refractivity (Wildman–Crippen MR) is 64.0 cm³/mol. The molecule has 3 nitrogen and oxygen atoms in total. The second-order valence-corrected chi connectivity index (χ2v) is 3.89. The normalized spacial score (nSPS) is 10.9. The van der Waals surface area contributed by atoms with Crippen molar-refractivity contribution in [3.05, 3.63) is 47.9 Å². The monoisotopic (exact) mass is 227 g/mol. The summed E-state index contributed by atoms with van der Waals surface area (Å²) in [5.74, 6) is 0.279. The summed E-state index contributed by atoms with van der Waals surface area (Å²) in [6, 6.07) is 8.67. The van der Waals surface area contributed by atoms with Gasteiger partial charge in [0, 0.05) is 6.20 Å². The predicted octanol–water partition coefficient (Wildman–Crippen LogP) is 3.07. The summed E-state index contributed by atoms with van der Waals surface area (Å²) in [6.07, 6.45) is 1.70. The largest absolute Gasteiger partial charge is 0.337 e. The molecular formula is C13H10FN3. The van der Waals surface area contributed by atoms with Crippen LogP contribution in [0.1, 0.15) is 5.56 Å². The zero-order chi connectivity index (χ0) is 11.8. The molecule has 2 aromatic heterocycles. The number of aromatic nitrogens is 3. The number of aryl methyl sites for hydroxylation is 1. The van der Waals surface area contributed by atoms with Crippen molar-refractivity contribution >= 4 is 11.0 Å². The molecule has 0 amide bonds. The Balaban J connectivity index is 2.26. The lowest BCUT2D eigenvalue weighted by molar-refractivity contribution is 0.637. The first-order valence-corrected chi connectivity index (χ1v) is 5.32. The Hall–Kier alpha value is -2.23. The minimum atomic E-state index is -0.321. The Bertz CT molecular complexity index is 688. The summed E-state index contributed by atoms with van der Waals surface area (Å²) in [6.45, 7) is 1.95. The van der Waals surface area contributed by atoms with E-state index >= 15 is 0 Å². The first-order valence-electron chi connectivity index (χ1n) is 5.32. The highest BCUT2D eigenvalue weighted by molar-refractivity contribution is 5.79. The van der Waals surface area contributed by atoms with E-state index in [9.17, 15) is 4.39 Å². The molecule has 0 saturated carbocycles. The van der Waals surface area contributed by atoms with Crippen LogP contribution in [0.25, 0.3) is 22.6 Å². The van der Waals surface area contributed by atoms with Gasteiger partial charge in [-0.2, -0.15) is 0 Å². The fraction of sp³-hybridized carbons (Fsp3) is 0.0769. The number of aromatic amines is 1. The van der Waals surface area contributed by atoms with Crippen molar-refractivity contribution in [1.82, 2.24) is 15.0 Å². The van der Waals surface area contributed by atoms with Gasteiger partial charge in [-0.25, -0.2) is 9.37 Å². The molecular weight excluding hydrogens is 217 g/mol. The van der Waals surface area contributed by atoms with Gasteiger partial charge >= 0.3 is 0 Å². The molecule has 0 spiro atoms. The molecule has 1 aromatic carbocycles. The third-order valence-electron chi connectivity index (χ3n) is 2.70. The van der Waals surface area contributed by atoms with Crippen LogP contribution in [-0.4, -0.2) is 15.0 Å². The van der Waals surface area contributed by atoms with E-state index in [1.54, 1.807) is 18.3 Å². The number of H-pyrrole nitrogens is 1. The van der Waals surface area contributed by atoms with Crippen LogP contribution in [0.15, 0.2) is 36.5 Å². The number of halogens is 1. The van der Waals surface area contributed by atoms with Crippen LogP contribution < -0.4 is 0 Å². The lowest BCUT2D eigenvalue weighted by Gasteiger charge is -1.98. The van der Waals surface area contributed by atoms with E-state index in [0.717, 1.165) is 11.3 Å². The van der Waals surface area contributed by atoms with Crippen LogP contribution in [-0.2, 0) is 0 Å². The molecule has 84 valence electrons. The topological polar surface area (TPSA) is 41.6 Å². The first kappa shape index (κ1) is 9.96. The Morgan fingerprint density at radius 3 is 2.82 bits per heavy atom. The molecule has 0 saturated heterocycles. The van der Waals surface area contributed by atoms with E-state index in [-0.39, 0.29) is 5.82 Å². The highest BCUT2D eigenvalue weighted by Crippen LogP contribution is 2.22. The van der Waals surface area contributed by atoms with Gasteiger partial charge in [0.25, 0.3) is 0 Å². The van der Waals surface area contributed by atoms with Crippen molar-refractivity contribution < 1.29 is 4.39 Å². The molecule has 4 heteroatoms. The Morgan fingerprint density at radius 2 is 2.06 bits per heavy atom. The molecule has 1 N–H and O–H groups in total. The second kappa shape index (κ2) is 3.66. The number of fused-ring (bicyclic) bond motifs is 1. The van der Waals surface area contributed by atoms with Gasteiger partial charge in [0.2, 0.25) is 0 Å². The highest BCUT2D eigenvalue weighted by atomic mass is 19.1. The molecule has 3 rings (SSSR count). The maximum atomic E-state index is 13.5. The molecule has 0 bridgehead atoms. The van der Waals surface area contributed by atoms with Crippen molar-refractivity contribution in [2.45, 2.75) is 6.92 Å². The fourth-order valence-corrected chi connectivity index (χ4v) is 1.84. The Kier molecular flexibility index (Phi) is 2.14. The number of pyridine rings is 1. The van der Waals surface area contributed by atoms with Gasteiger partial charge in [-0.15, -0.1) is 0 Å². The lowest BCUT2D eigenvalue weighted by atomic mass is 10.2. The summed E-state index contributed by atoms with van der Waals surface area (Å²) < 4.78 is 13.5. The molecule has 2 heterocycles. The van der Waals surface area contributed by atoms with Crippen molar-refractivity contribution in [3.8, 4) is 11.5 Å². The molecule has 0 aliphatic carbocycles. The van der Waals surface area contributed by atoms with Crippen LogP contribution >= 0.6 is 0 Å². The van der Waals surface area contributed by atoms with E-state index in [2.05, 4.69) is 15.0 Å². The maximum Gasteiger partial charge on any atom is 0.157 e. The van der Waals surface area contributed by atoms with Gasteiger partial charge in [0.1, 0.15) is 11.2 Å². The SMILES string of the molecule is Cc1cccnc1-c1nc2c(F)cccc2[nH]1. The molecule has 0 radical (unpaired) electrons. The molecule has 0 aliphatic rings. The summed E-state index contributed by atoms with van der Waals surface area (Å²) in [7, 11) is 0. The number of benzene rings is 1. The van der Waals surface area contributed by atoms with Crippen LogP contribution in [0.5, 0.6) is 0 Å². The van der Waals surface area contributed by atoms with Crippen molar-refractivity contribution in [2.24, 2.45) is 0 Å². The van der Waals surface area contributed by atoms with Crippen LogP contribution in [0.2, 0.25) is 0 Å².